The molecule has 3 aromatic rings. The standard InChI is InChI=1S/C26H27F3N2OS.C2HF3O2/c1-2-18-6-8-19(9-7-18)15-31-11-10-20(16-31)14-30-25(32)24-13-22(17-33-24)21-4-3-5-23(12-21)26(27,28)29;3-2(4,5)1(6)7/h3-9,12-13,17,20H,2,10-11,14-16H2,1H3,(H,30,32);(H,6,7). The Kier molecular flexibility index (Phi) is 10.4. The summed E-state index contributed by atoms with van der Waals surface area (Å²) in [6, 6.07) is 15.6. The number of alkyl halides is 6. The molecule has 0 bridgehead atoms. The summed E-state index contributed by atoms with van der Waals surface area (Å²) in [5, 5.41) is 11.9. The fraction of sp³-hybridized carbons (Fsp3) is 0.357. The first-order valence-electron chi connectivity index (χ1n) is 12.4. The number of carboxylic acid groups (broad SMARTS) is 1. The van der Waals surface area contributed by atoms with Crippen LogP contribution in [0.5, 0.6) is 0 Å². The number of thiophene rings is 1. The number of aryl methyl sites for hydroxylation is 1. The average Bonchev–Trinajstić information content (AvgIpc) is 3.57. The Morgan fingerprint density at radius 2 is 1.65 bits per heavy atom. The van der Waals surface area contributed by atoms with Crippen LogP contribution in [0.25, 0.3) is 11.1 Å². The van der Waals surface area contributed by atoms with E-state index in [1.54, 1.807) is 17.5 Å². The second kappa shape index (κ2) is 13.3. The minimum Gasteiger partial charge on any atom is -0.475 e. The topological polar surface area (TPSA) is 69.6 Å². The summed E-state index contributed by atoms with van der Waals surface area (Å²) < 4.78 is 70.7. The number of aliphatic carboxylic acids is 1. The molecule has 5 nitrogen and oxygen atoms in total. The van der Waals surface area contributed by atoms with Crippen LogP contribution < -0.4 is 5.32 Å². The Bertz CT molecular complexity index is 1290. The van der Waals surface area contributed by atoms with Gasteiger partial charge in [-0.15, -0.1) is 11.3 Å². The molecule has 2 heterocycles. The van der Waals surface area contributed by atoms with E-state index in [1.165, 1.54) is 28.5 Å². The first kappa shape index (κ1) is 31.2. The third kappa shape index (κ3) is 9.09. The molecule has 4 rings (SSSR count). The van der Waals surface area contributed by atoms with Crippen molar-refractivity contribution in [1.29, 1.82) is 0 Å². The fourth-order valence-corrected chi connectivity index (χ4v) is 5.00. The average molecular weight is 587 g/mol. The van der Waals surface area contributed by atoms with E-state index in [0.29, 0.717) is 28.5 Å². The van der Waals surface area contributed by atoms with Crippen molar-refractivity contribution in [2.75, 3.05) is 19.6 Å². The van der Waals surface area contributed by atoms with Gasteiger partial charge in [0.15, 0.2) is 0 Å². The van der Waals surface area contributed by atoms with E-state index in [1.807, 2.05) is 0 Å². The Balaban J connectivity index is 0.000000559. The van der Waals surface area contributed by atoms with Crippen LogP contribution in [0.15, 0.2) is 60.0 Å². The van der Waals surface area contributed by atoms with E-state index in [9.17, 15) is 31.1 Å². The second-order valence-corrected chi connectivity index (χ2v) is 10.3. The minimum atomic E-state index is -5.08. The normalized spacial score (nSPS) is 15.8. The third-order valence-electron chi connectivity index (χ3n) is 6.35. The van der Waals surface area contributed by atoms with E-state index in [2.05, 4.69) is 41.4 Å². The lowest BCUT2D eigenvalue weighted by molar-refractivity contribution is -0.192. The minimum absolute atomic E-state index is 0.174. The molecule has 1 aromatic heterocycles. The molecule has 1 saturated heterocycles. The molecule has 1 aliphatic rings. The SMILES string of the molecule is CCc1ccc(CN2CCC(CNC(=O)c3cc(-c4cccc(C(F)(F)F)c4)cs3)C2)cc1.O=C(O)C(F)(F)F. The molecule has 216 valence electrons. The number of nitrogens with zero attached hydrogens (tertiary/aromatic N) is 1. The molecule has 2 aromatic carbocycles. The zero-order valence-corrected chi connectivity index (χ0v) is 22.3. The molecule has 12 heteroatoms. The van der Waals surface area contributed by atoms with Crippen LogP contribution in [0, 0.1) is 5.92 Å². The molecule has 2 N–H and O–H groups in total. The van der Waals surface area contributed by atoms with Crippen molar-refractivity contribution in [1.82, 2.24) is 10.2 Å². The molecule has 0 aliphatic carbocycles. The molecular weight excluding hydrogens is 558 g/mol. The number of likely N-dealkylation sites (tertiary alicyclic amines) is 1. The van der Waals surface area contributed by atoms with Gasteiger partial charge in [-0.25, -0.2) is 4.79 Å². The predicted molar refractivity (Wildman–Crippen MR) is 140 cm³/mol. The number of benzene rings is 2. The highest BCUT2D eigenvalue weighted by molar-refractivity contribution is 7.12. The van der Waals surface area contributed by atoms with Gasteiger partial charge >= 0.3 is 18.3 Å². The van der Waals surface area contributed by atoms with Crippen molar-refractivity contribution in [3.8, 4) is 11.1 Å². The van der Waals surface area contributed by atoms with Gasteiger partial charge in [0.05, 0.1) is 10.4 Å². The Labute approximate surface area is 231 Å². The summed E-state index contributed by atoms with van der Waals surface area (Å²) in [4.78, 5) is 24.4. The van der Waals surface area contributed by atoms with Crippen LogP contribution >= 0.6 is 11.3 Å². The van der Waals surface area contributed by atoms with Gasteiger partial charge in [-0.05, 0) is 71.1 Å². The fourth-order valence-electron chi connectivity index (χ4n) is 4.17. The van der Waals surface area contributed by atoms with Gasteiger partial charge in [-0.1, -0.05) is 43.3 Å². The number of hydrogen-bond donors (Lipinski definition) is 2. The second-order valence-electron chi connectivity index (χ2n) is 9.35. The summed E-state index contributed by atoms with van der Waals surface area (Å²) in [5.41, 5.74) is 3.03. The third-order valence-corrected chi connectivity index (χ3v) is 7.28. The molecule has 0 radical (unpaired) electrons. The highest BCUT2D eigenvalue weighted by atomic mass is 32.1. The molecule has 40 heavy (non-hydrogen) atoms. The van der Waals surface area contributed by atoms with Crippen LogP contribution in [-0.2, 0) is 23.9 Å². The lowest BCUT2D eigenvalue weighted by atomic mass is 10.1. The maximum absolute atomic E-state index is 13.0. The van der Waals surface area contributed by atoms with Gasteiger partial charge in [0.25, 0.3) is 5.91 Å². The van der Waals surface area contributed by atoms with Gasteiger partial charge in [0.2, 0.25) is 0 Å². The van der Waals surface area contributed by atoms with Crippen LogP contribution in [0.3, 0.4) is 0 Å². The lowest BCUT2D eigenvalue weighted by Gasteiger charge is -2.16. The molecule has 0 saturated carbocycles. The maximum atomic E-state index is 13.0. The maximum Gasteiger partial charge on any atom is 0.490 e. The van der Waals surface area contributed by atoms with Gasteiger partial charge in [-0.2, -0.15) is 26.3 Å². The van der Waals surface area contributed by atoms with Crippen LogP contribution in [-0.4, -0.2) is 47.7 Å². The van der Waals surface area contributed by atoms with Crippen LogP contribution in [0.2, 0.25) is 0 Å². The molecule has 1 amide bonds. The number of hydrogen-bond acceptors (Lipinski definition) is 4. The first-order valence-corrected chi connectivity index (χ1v) is 13.3. The van der Waals surface area contributed by atoms with Gasteiger partial charge in [-0.3, -0.25) is 9.69 Å². The monoisotopic (exact) mass is 586 g/mol. The summed E-state index contributed by atoms with van der Waals surface area (Å²) in [6.45, 7) is 5.61. The number of halogens is 6. The lowest BCUT2D eigenvalue weighted by Crippen LogP contribution is -2.30. The summed E-state index contributed by atoms with van der Waals surface area (Å²) >= 11 is 1.25. The number of carbonyl (C=O) groups is 2. The van der Waals surface area contributed by atoms with Crippen molar-refractivity contribution < 1.29 is 41.0 Å². The van der Waals surface area contributed by atoms with Crippen LogP contribution in [0.1, 0.15) is 39.7 Å². The van der Waals surface area contributed by atoms with Crippen molar-refractivity contribution >= 4 is 23.2 Å². The molecule has 1 aliphatic heterocycles. The number of amides is 1. The number of rotatable bonds is 7. The first-order chi connectivity index (χ1) is 18.8. The summed E-state index contributed by atoms with van der Waals surface area (Å²) in [6.07, 6.45) is -7.40. The van der Waals surface area contributed by atoms with Crippen molar-refractivity contribution in [3.05, 3.63) is 81.5 Å². The molecule has 1 unspecified atom stereocenters. The highest BCUT2D eigenvalue weighted by Gasteiger charge is 2.38. The highest BCUT2D eigenvalue weighted by Crippen LogP contribution is 2.33. The van der Waals surface area contributed by atoms with Gasteiger partial charge in [0, 0.05) is 19.6 Å². The van der Waals surface area contributed by atoms with Gasteiger partial charge in [0.1, 0.15) is 0 Å². The van der Waals surface area contributed by atoms with E-state index < -0.39 is 23.9 Å². The van der Waals surface area contributed by atoms with Crippen LogP contribution in [0.4, 0.5) is 26.3 Å². The Hall–Kier alpha value is -3.38. The van der Waals surface area contributed by atoms with Crippen molar-refractivity contribution in [2.45, 2.75) is 38.7 Å². The van der Waals surface area contributed by atoms with E-state index in [4.69, 9.17) is 9.90 Å². The molecule has 0 spiro atoms. The van der Waals surface area contributed by atoms with E-state index in [-0.39, 0.29) is 5.91 Å². The number of carbonyl (C=O) groups excluding carboxylic acids is 1. The molecule has 1 atom stereocenters. The Morgan fingerprint density at radius 3 is 2.25 bits per heavy atom. The zero-order chi connectivity index (χ0) is 29.5. The predicted octanol–water partition coefficient (Wildman–Crippen LogP) is 6.88. The number of nitrogens with one attached hydrogen (secondary N) is 1. The van der Waals surface area contributed by atoms with Crippen molar-refractivity contribution in [3.63, 3.8) is 0 Å². The Morgan fingerprint density at radius 1 is 1.00 bits per heavy atom. The quantitative estimate of drug-likeness (QED) is 0.296. The smallest absolute Gasteiger partial charge is 0.475 e. The largest absolute Gasteiger partial charge is 0.490 e. The van der Waals surface area contributed by atoms with E-state index in [0.717, 1.165) is 44.6 Å². The zero-order valence-electron chi connectivity index (χ0n) is 21.5. The van der Waals surface area contributed by atoms with Crippen molar-refractivity contribution in [2.24, 2.45) is 5.92 Å². The number of carboxylic acids is 1. The molecular formula is C28H28F6N2O3S. The molecule has 1 fully saturated rings. The van der Waals surface area contributed by atoms with E-state index >= 15 is 0 Å². The summed E-state index contributed by atoms with van der Waals surface area (Å²) in [7, 11) is 0. The van der Waals surface area contributed by atoms with Gasteiger partial charge < -0.3 is 10.4 Å². The summed E-state index contributed by atoms with van der Waals surface area (Å²) in [5.74, 6) is -2.54.